The summed E-state index contributed by atoms with van der Waals surface area (Å²) in [5.74, 6) is -2.23. The Bertz CT molecular complexity index is 1370. The molecule has 0 radical (unpaired) electrons. The van der Waals surface area contributed by atoms with Gasteiger partial charge in [0.1, 0.15) is 12.4 Å². The van der Waals surface area contributed by atoms with E-state index in [-0.39, 0.29) is 5.69 Å². The minimum absolute atomic E-state index is 0.248. The molecule has 32 heavy (non-hydrogen) atoms. The molecule has 0 spiro atoms. The maximum absolute atomic E-state index is 13.4. The number of benzene rings is 3. The lowest BCUT2D eigenvalue weighted by Crippen LogP contribution is -2.29. The first-order chi connectivity index (χ1) is 15.2. The lowest BCUT2D eigenvalue weighted by molar-refractivity contribution is -0.140. The first kappa shape index (κ1) is 21.2. The second kappa shape index (κ2) is 8.26. The van der Waals surface area contributed by atoms with Gasteiger partial charge in [0.25, 0.3) is 5.56 Å². The fraction of sp³-hybridized carbons (Fsp3) is 0.0870. The average Bonchev–Trinajstić information content (AvgIpc) is 2.75. The van der Waals surface area contributed by atoms with E-state index in [1.165, 1.54) is 12.1 Å². The highest BCUT2D eigenvalue weighted by atomic mass is 19.4. The largest absolute Gasteiger partial charge is 0.419 e. The molecule has 1 N–H and O–H groups in total. The number of nitrogens with zero attached hydrogens (tertiary/aromatic N) is 2. The Morgan fingerprint density at radius 3 is 2.50 bits per heavy atom. The second-order valence-electron chi connectivity index (χ2n) is 6.98. The van der Waals surface area contributed by atoms with Gasteiger partial charge in [-0.1, -0.05) is 42.5 Å². The average molecular weight is 441 g/mol. The van der Waals surface area contributed by atoms with Gasteiger partial charge in [0.2, 0.25) is 5.91 Å². The van der Waals surface area contributed by atoms with E-state index < -0.39 is 35.6 Å². The quantitative estimate of drug-likeness (QED) is 0.460. The number of alkyl halides is 3. The Hall–Kier alpha value is -4.01. The highest BCUT2D eigenvalue weighted by Gasteiger charge is 2.34. The summed E-state index contributed by atoms with van der Waals surface area (Å²) in [5.41, 5.74) is -1.09. The van der Waals surface area contributed by atoms with Gasteiger partial charge in [0, 0.05) is 17.3 Å². The molecule has 9 heteroatoms. The third-order valence-electron chi connectivity index (χ3n) is 4.78. The molecule has 0 saturated heterocycles. The van der Waals surface area contributed by atoms with Crippen LogP contribution in [0.25, 0.3) is 22.0 Å². The molecule has 0 bridgehead atoms. The van der Waals surface area contributed by atoms with Gasteiger partial charge in [-0.2, -0.15) is 18.3 Å². The molecule has 3 aromatic carbocycles. The molecule has 1 aromatic heterocycles. The number of hydrogen-bond acceptors (Lipinski definition) is 3. The van der Waals surface area contributed by atoms with Crippen LogP contribution in [0, 0.1) is 5.82 Å². The number of carbonyl (C=O) groups excluding carboxylic acids is 1. The summed E-state index contributed by atoms with van der Waals surface area (Å²) in [5, 5.41) is 8.37. The number of aromatic nitrogens is 2. The van der Waals surface area contributed by atoms with Gasteiger partial charge in [-0.15, -0.1) is 0 Å². The van der Waals surface area contributed by atoms with Crippen LogP contribution in [-0.4, -0.2) is 15.7 Å². The lowest BCUT2D eigenvalue weighted by Gasteiger charge is -2.12. The first-order valence-corrected chi connectivity index (χ1v) is 9.45. The van der Waals surface area contributed by atoms with Crippen LogP contribution in [0.3, 0.4) is 0 Å². The Labute approximate surface area is 178 Å². The van der Waals surface area contributed by atoms with Crippen LogP contribution in [0.2, 0.25) is 0 Å². The zero-order valence-electron chi connectivity index (χ0n) is 16.4. The molecule has 1 heterocycles. The van der Waals surface area contributed by atoms with Gasteiger partial charge >= 0.3 is 6.18 Å². The van der Waals surface area contributed by atoms with Crippen molar-refractivity contribution in [2.75, 3.05) is 5.32 Å². The van der Waals surface area contributed by atoms with E-state index in [0.717, 1.165) is 27.1 Å². The highest BCUT2D eigenvalue weighted by Crippen LogP contribution is 2.33. The van der Waals surface area contributed by atoms with Crippen molar-refractivity contribution < 1.29 is 22.4 Å². The normalized spacial score (nSPS) is 11.5. The minimum atomic E-state index is -4.91. The second-order valence-corrected chi connectivity index (χ2v) is 6.98. The Kier molecular flexibility index (Phi) is 5.48. The molecular weight excluding hydrogens is 426 g/mol. The lowest BCUT2D eigenvalue weighted by atomic mass is 10.0. The molecule has 4 aromatic rings. The van der Waals surface area contributed by atoms with E-state index in [2.05, 4.69) is 10.4 Å². The van der Waals surface area contributed by atoms with Crippen LogP contribution < -0.4 is 10.9 Å². The Balaban J connectivity index is 1.60. The van der Waals surface area contributed by atoms with Crippen LogP contribution >= 0.6 is 0 Å². The van der Waals surface area contributed by atoms with Crippen LogP contribution in [0.4, 0.5) is 23.2 Å². The maximum atomic E-state index is 13.4. The topological polar surface area (TPSA) is 64.0 Å². The number of amides is 1. The third kappa shape index (κ3) is 4.36. The molecule has 1 amide bonds. The molecule has 0 atom stereocenters. The van der Waals surface area contributed by atoms with Crippen molar-refractivity contribution in [3.63, 3.8) is 0 Å². The summed E-state index contributed by atoms with van der Waals surface area (Å²) in [4.78, 5) is 24.6. The molecule has 0 unspecified atom stereocenters. The number of anilines is 1. The van der Waals surface area contributed by atoms with Gasteiger partial charge in [0.15, 0.2) is 0 Å². The van der Waals surface area contributed by atoms with Crippen molar-refractivity contribution in [2.24, 2.45) is 0 Å². The van der Waals surface area contributed by atoms with Crippen molar-refractivity contribution in [3.05, 3.63) is 94.5 Å². The predicted molar refractivity (Wildman–Crippen MR) is 111 cm³/mol. The number of fused-ring (bicyclic) bond motifs is 1. The van der Waals surface area contributed by atoms with Crippen molar-refractivity contribution in [1.29, 1.82) is 0 Å². The zero-order valence-corrected chi connectivity index (χ0v) is 16.4. The monoisotopic (exact) mass is 441 g/mol. The fourth-order valence-electron chi connectivity index (χ4n) is 3.31. The summed E-state index contributed by atoms with van der Waals surface area (Å²) in [6.07, 6.45) is -4.91. The maximum Gasteiger partial charge on any atom is 0.419 e. The van der Waals surface area contributed by atoms with E-state index in [4.69, 9.17) is 0 Å². The summed E-state index contributed by atoms with van der Waals surface area (Å²) in [6, 6.07) is 18.1. The van der Waals surface area contributed by atoms with Crippen LogP contribution in [-0.2, 0) is 17.5 Å². The number of carbonyl (C=O) groups is 1. The van der Waals surface area contributed by atoms with E-state index >= 15 is 0 Å². The number of nitrogens with one attached hydrogen (secondary N) is 1. The molecule has 5 nitrogen and oxygen atoms in total. The van der Waals surface area contributed by atoms with Crippen molar-refractivity contribution >= 4 is 22.4 Å². The van der Waals surface area contributed by atoms with E-state index in [0.29, 0.717) is 17.8 Å². The first-order valence-electron chi connectivity index (χ1n) is 9.45. The molecular formula is C23H15F4N3O2. The number of halogens is 4. The molecule has 0 aliphatic heterocycles. The van der Waals surface area contributed by atoms with Crippen molar-refractivity contribution in [1.82, 2.24) is 9.78 Å². The van der Waals surface area contributed by atoms with Crippen LogP contribution in [0.1, 0.15) is 5.56 Å². The van der Waals surface area contributed by atoms with Crippen molar-refractivity contribution in [3.8, 4) is 11.3 Å². The summed E-state index contributed by atoms with van der Waals surface area (Å²) >= 11 is 0. The van der Waals surface area contributed by atoms with E-state index in [9.17, 15) is 27.2 Å². The summed E-state index contributed by atoms with van der Waals surface area (Å²) in [6.45, 7) is -0.532. The SMILES string of the molecule is O=C(Cn1nc(-c2cccc3ccccc23)ccc1=O)Nc1ccc(F)c(C(F)(F)F)c1. The van der Waals surface area contributed by atoms with E-state index in [1.807, 2.05) is 42.5 Å². The molecule has 162 valence electrons. The third-order valence-corrected chi connectivity index (χ3v) is 4.78. The van der Waals surface area contributed by atoms with Gasteiger partial charge in [-0.05, 0) is 35.0 Å². The molecule has 4 rings (SSSR count). The molecule has 0 fully saturated rings. The smallest absolute Gasteiger partial charge is 0.324 e. The zero-order chi connectivity index (χ0) is 22.9. The van der Waals surface area contributed by atoms with Gasteiger partial charge in [-0.3, -0.25) is 9.59 Å². The fourth-order valence-corrected chi connectivity index (χ4v) is 3.31. The van der Waals surface area contributed by atoms with Gasteiger partial charge < -0.3 is 5.32 Å². The highest BCUT2D eigenvalue weighted by molar-refractivity contribution is 5.95. The Morgan fingerprint density at radius 2 is 1.72 bits per heavy atom. The molecule has 0 aliphatic carbocycles. The Morgan fingerprint density at radius 1 is 0.969 bits per heavy atom. The van der Waals surface area contributed by atoms with Gasteiger partial charge in [0.05, 0.1) is 11.3 Å². The van der Waals surface area contributed by atoms with Gasteiger partial charge in [-0.25, -0.2) is 9.07 Å². The predicted octanol–water partition coefficient (Wildman–Crippen LogP) is 4.86. The number of rotatable bonds is 4. The standard InChI is InChI=1S/C23H15F4N3O2/c24-19-9-8-15(12-18(19)23(25,26)27)28-21(31)13-30-22(32)11-10-20(29-30)17-7-3-5-14-4-1-2-6-16(14)17/h1-12H,13H2,(H,28,31). The number of hydrogen-bond donors (Lipinski definition) is 1. The molecule has 0 aliphatic rings. The minimum Gasteiger partial charge on any atom is -0.324 e. The summed E-state index contributed by atoms with van der Waals surface area (Å²) < 4.78 is 53.0. The van der Waals surface area contributed by atoms with E-state index in [1.54, 1.807) is 0 Å². The van der Waals surface area contributed by atoms with Crippen molar-refractivity contribution in [2.45, 2.75) is 12.7 Å². The van der Waals surface area contributed by atoms with Crippen LogP contribution in [0.15, 0.2) is 77.6 Å². The molecule has 0 saturated carbocycles. The van der Waals surface area contributed by atoms with Crippen LogP contribution in [0.5, 0.6) is 0 Å². The summed E-state index contributed by atoms with van der Waals surface area (Å²) in [7, 11) is 0.